The summed E-state index contributed by atoms with van der Waals surface area (Å²) in [5.41, 5.74) is 0. The number of hydrogen-bond donors (Lipinski definition) is 1. The standard InChI is InChI=1S/C10H21NO2.C2H6/c1-4-11-7-6-9(12)10(11)8(3)13-5-2;1-2/h8-10,12H,4-7H2,1-3H3;1-2H3/t8-,9-,10+;/m0./s1. The third kappa shape index (κ3) is 4.09. The van der Waals surface area contributed by atoms with Crippen molar-refractivity contribution < 1.29 is 9.84 Å². The lowest BCUT2D eigenvalue weighted by Gasteiger charge is -2.30. The van der Waals surface area contributed by atoms with Crippen molar-refractivity contribution in [3.8, 4) is 0 Å². The van der Waals surface area contributed by atoms with Gasteiger partial charge in [-0.2, -0.15) is 0 Å². The van der Waals surface area contributed by atoms with Gasteiger partial charge in [-0.15, -0.1) is 0 Å². The topological polar surface area (TPSA) is 32.7 Å². The number of aliphatic hydroxyl groups excluding tert-OH is 1. The average molecular weight is 217 g/mol. The van der Waals surface area contributed by atoms with Gasteiger partial charge in [-0.1, -0.05) is 20.8 Å². The molecule has 0 amide bonds. The molecule has 3 nitrogen and oxygen atoms in total. The molecule has 0 saturated carbocycles. The second-order valence-electron chi connectivity index (χ2n) is 3.64. The van der Waals surface area contributed by atoms with Crippen LogP contribution >= 0.6 is 0 Å². The van der Waals surface area contributed by atoms with Crippen LogP contribution in [0, 0.1) is 0 Å². The summed E-state index contributed by atoms with van der Waals surface area (Å²) in [5.74, 6) is 0. The molecule has 0 aromatic rings. The number of ether oxygens (including phenoxy) is 1. The van der Waals surface area contributed by atoms with E-state index < -0.39 is 0 Å². The maximum atomic E-state index is 9.77. The summed E-state index contributed by atoms with van der Waals surface area (Å²) in [5, 5.41) is 9.77. The molecular formula is C12H27NO2. The molecule has 3 atom stereocenters. The van der Waals surface area contributed by atoms with E-state index in [1.807, 2.05) is 27.7 Å². The van der Waals surface area contributed by atoms with Gasteiger partial charge >= 0.3 is 0 Å². The van der Waals surface area contributed by atoms with Gasteiger partial charge in [0.1, 0.15) is 0 Å². The van der Waals surface area contributed by atoms with Gasteiger partial charge in [0, 0.05) is 13.2 Å². The minimum absolute atomic E-state index is 0.141. The van der Waals surface area contributed by atoms with E-state index in [9.17, 15) is 5.11 Å². The van der Waals surface area contributed by atoms with Gasteiger partial charge in [0.2, 0.25) is 0 Å². The Morgan fingerprint density at radius 1 is 1.40 bits per heavy atom. The van der Waals surface area contributed by atoms with Crippen molar-refractivity contribution in [3.05, 3.63) is 0 Å². The van der Waals surface area contributed by atoms with Crippen LogP contribution in [0.15, 0.2) is 0 Å². The highest BCUT2D eigenvalue weighted by atomic mass is 16.5. The predicted molar refractivity (Wildman–Crippen MR) is 64.1 cm³/mol. The van der Waals surface area contributed by atoms with E-state index in [1.165, 1.54) is 0 Å². The third-order valence-corrected chi connectivity index (χ3v) is 2.84. The van der Waals surface area contributed by atoms with Crippen molar-refractivity contribution in [1.82, 2.24) is 4.90 Å². The van der Waals surface area contributed by atoms with Crippen molar-refractivity contribution in [2.75, 3.05) is 19.7 Å². The highest BCUT2D eigenvalue weighted by Crippen LogP contribution is 2.21. The molecule has 1 N–H and O–H groups in total. The van der Waals surface area contributed by atoms with Gasteiger partial charge in [0.05, 0.1) is 18.2 Å². The molecule has 0 radical (unpaired) electrons. The SMILES string of the molecule is CC.CCO[C@@H](C)[C@@H]1[C@@H](O)CCN1CC. The Morgan fingerprint density at radius 3 is 2.47 bits per heavy atom. The van der Waals surface area contributed by atoms with E-state index in [0.29, 0.717) is 0 Å². The highest BCUT2D eigenvalue weighted by Gasteiger charge is 2.35. The first-order valence-electron chi connectivity index (χ1n) is 6.24. The molecule has 92 valence electrons. The van der Waals surface area contributed by atoms with Crippen molar-refractivity contribution in [3.63, 3.8) is 0 Å². The Hall–Kier alpha value is -0.120. The molecule has 0 aromatic carbocycles. The average Bonchev–Trinajstić information content (AvgIpc) is 2.63. The molecule has 0 spiro atoms. The van der Waals surface area contributed by atoms with Crippen LogP contribution in [-0.4, -0.2) is 48.0 Å². The molecule has 1 rings (SSSR count). The fourth-order valence-electron chi connectivity index (χ4n) is 2.20. The number of nitrogens with zero attached hydrogens (tertiary/aromatic N) is 1. The van der Waals surface area contributed by atoms with Gasteiger partial charge in [0.25, 0.3) is 0 Å². The van der Waals surface area contributed by atoms with Crippen molar-refractivity contribution in [2.45, 2.75) is 59.3 Å². The van der Waals surface area contributed by atoms with Crippen molar-refractivity contribution in [2.24, 2.45) is 0 Å². The number of likely N-dealkylation sites (tertiary alicyclic amines) is 1. The molecule has 1 aliphatic rings. The summed E-state index contributed by atoms with van der Waals surface area (Å²) in [6.07, 6.45) is 0.819. The second-order valence-corrected chi connectivity index (χ2v) is 3.64. The van der Waals surface area contributed by atoms with E-state index in [1.54, 1.807) is 0 Å². The van der Waals surface area contributed by atoms with Crippen LogP contribution in [0.1, 0.15) is 41.0 Å². The Balaban J connectivity index is 0.000000921. The molecule has 3 heteroatoms. The number of hydrogen-bond acceptors (Lipinski definition) is 3. The Kier molecular flexibility index (Phi) is 8.02. The van der Waals surface area contributed by atoms with E-state index >= 15 is 0 Å². The highest BCUT2D eigenvalue weighted by molar-refractivity contribution is 4.90. The molecule has 1 fully saturated rings. The van der Waals surface area contributed by atoms with Crippen molar-refractivity contribution in [1.29, 1.82) is 0 Å². The van der Waals surface area contributed by atoms with E-state index in [4.69, 9.17) is 4.74 Å². The molecule has 0 aromatic heterocycles. The summed E-state index contributed by atoms with van der Waals surface area (Å²) in [6, 6.07) is 0.199. The monoisotopic (exact) mass is 217 g/mol. The molecule has 0 aliphatic carbocycles. The van der Waals surface area contributed by atoms with E-state index in [0.717, 1.165) is 26.1 Å². The lowest BCUT2D eigenvalue weighted by Crippen LogP contribution is -2.44. The summed E-state index contributed by atoms with van der Waals surface area (Å²) < 4.78 is 5.53. The summed E-state index contributed by atoms with van der Waals surface area (Å²) in [7, 11) is 0. The first kappa shape index (κ1) is 14.9. The predicted octanol–water partition coefficient (Wildman–Crippen LogP) is 1.89. The summed E-state index contributed by atoms with van der Waals surface area (Å²) >= 11 is 0. The number of aliphatic hydroxyl groups is 1. The zero-order chi connectivity index (χ0) is 11.8. The van der Waals surface area contributed by atoms with Gasteiger partial charge in [-0.3, -0.25) is 4.90 Å². The largest absolute Gasteiger partial charge is 0.391 e. The third-order valence-electron chi connectivity index (χ3n) is 2.84. The van der Waals surface area contributed by atoms with Crippen molar-refractivity contribution >= 4 is 0 Å². The number of rotatable bonds is 4. The maximum Gasteiger partial charge on any atom is 0.0732 e. The summed E-state index contributed by atoms with van der Waals surface area (Å²) in [6.45, 7) is 12.9. The van der Waals surface area contributed by atoms with Gasteiger partial charge in [-0.05, 0) is 26.8 Å². The lowest BCUT2D eigenvalue weighted by molar-refractivity contribution is -0.0189. The van der Waals surface area contributed by atoms with Crippen LogP contribution in [0.5, 0.6) is 0 Å². The molecule has 15 heavy (non-hydrogen) atoms. The lowest BCUT2D eigenvalue weighted by atomic mass is 10.1. The van der Waals surface area contributed by atoms with Crippen LogP contribution in [0.2, 0.25) is 0 Å². The molecule has 1 saturated heterocycles. The molecule has 1 heterocycles. The van der Waals surface area contributed by atoms with Crippen LogP contribution in [0.4, 0.5) is 0 Å². The Morgan fingerprint density at radius 2 is 2.00 bits per heavy atom. The van der Waals surface area contributed by atoms with Crippen LogP contribution < -0.4 is 0 Å². The van der Waals surface area contributed by atoms with Crippen LogP contribution in [0.3, 0.4) is 0 Å². The van der Waals surface area contributed by atoms with Gasteiger partial charge in [-0.25, -0.2) is 0 Å². The Bertz CT molecular complexity index is 153. The fraction of sp³-hybridized carbons (Fsp3) is 1.00. The second kappa shape index (κ2) is 8.08. The van der Waals surface area contributed by atoms with Crippen LogP contribution in [-0.2, 0) is 4.74 Å². The minimum Gasteiger partial charge on any atom is -0.391 e. The number of likely N-dealkylation sites (N-methyl/N-ethyl adjacent to an activating group) is 1. The molecule has 0 unspecified atom stereocenters. The molecular weight excluding hydrogens is 190 g/mol. The minimum atomic E-state index is -0.207. The van der Waals surface area contributed by atoms with Crippen LogP contribution in [0.25, 0.3) is 0 Å². The first-order valence-corrected chi connectivity index (χ1v) is 6.24. The molecule has 0 bridgehead atoms. The maximum absolute atomic E-state index is 9.77. The van der Waals surface area contributed by atoms with E-state index in [-0.39, 0.29) is 18.2 Å². The fourth-order valence-corrected chi connectivity index (χ4v) is 2.20. The Labute approximate surface area is 94.4 Å². The van der Waals surface area contributed by atoms with E-state index in [2.05, 4.69) is 11.8 Å². The first-order chi connectivity index (χ1) is 7.20. The quantitative estimate of drug-likeness (QED) is 0.780. The molecule has 1 aliphatic heterocycles. The zero-order valence-electron chi connectivity index (χ0n) is 10.9. The summed E-state index contributed by atoms with van der Waals surface area (Å²) in [4.78, 5) is 2.30. The van der Waals surface area contributed by atoms with Gasteiger partial charge < -0.3 is 9.84 Å². The smallest absolute Gasteiger partial charge is 0.0732 e. The zero-order valence-corrected chi connectivity index (χ0v) is 10.9. The van der Waals surface area contributed by atoms with Gasteiger partial charge in [0.15, 0.2) is 0 Å². The normalized spacial score (nSPS) is 28.4.